The van der Waals surface area contributed by atoms with Crippen molar-refractivity contribution in [2.24, 2.45) is 0 Å². The van der Waals surface area contributed by atoms with Gasteiger partial charge < -0.3 is 18.8 Å². The second-order valence-electron chi connectivity index (χ2n) is 5.07. The summed E-state index contributed by atoms with van der Waals surface area (Å²) >= 11 is 5.39. The van der Waals surface area contributed by atoms with E-state index < -0.39 is 0 Å². The summed E-state index contributed by atoms with van der Waals surface area (Å²) in [5.41, 5.74) is 1.83. The second-order valence-corrected chi connectivity index (χ2v) is 5.46. The standard InChI is InChI=1S/C14H16N4O2S/c1-8(2)19-11-6-4-5-10-13(11)16-14(21)18(10)7-12-15-9(3)17-20-12/h4-6,8H,7H2,1-3H3,(H,16,21). The lowest BCUT2D eigenvalue weighted by atomic mass is 10.3. The van der Waals surface area contributed by atoms with E-state index in [9.17, 15) is 0 Å². The SMILES string of the molecule is Cc1noc(Cn2c(=S)[nH]c3c(OC(C)C)cccc32)n1. The molecule has 0 aliphatic carbocycles. The summed E-state index contributed by atoms with van der Waals surface area (Å²) in [6, 6.07) is 5.85. The third kappa shape index (κ3) is 2.69. The van der Waals surface area contributed by atoms with Crippen molar-refractivity contribution in [1.29, 1.82) is 0 Å². The van der Waals surface area contributed by atoms with Gasteiger partial charge in [0.25, 0.3) is 0 Å². The molecule has 1 N–H and O–H groups in total. The van der Waals surface area contributed by atoms with E-state index >= 15 is 0 Å². The minimum atomic E-state index is 0.0968. The van der Waals surface area contributed by atoms with Crippen LogP contribution >= 0.6 is 12.2 Å². The summed E-state index contributed by atoms with van der Waals surface area (Å²) < 4.78 is 13.5. The van der Waals surface area contributed by atoms with Crippen LogP contribution in [0.15, 0.2) is 22.7 Å². The fourth-order valence-electron chi connectivity index (χ4n) is 2.20. The van der Waals surface area contributed by atoms with E-state index in [4.69, 9.17) is 21.5 Å². The fraction of sp³-hybridized carbons (Fsp3) is 0.357. The van der Waals surface area contributed by atoms with Crippen molar-refractivity contribution in [3.63, 3.8) is 0 Å². The number of fused-ring (bicyclic) bond motifs is 1. The molecule has 0 saturated heterocycles. The van der Waals surface area contributed by atoms with Crippen molar-refractivity contribution in [2.45, 2.75) is 33.4 Å². The number of rotatable bonds is 4. The van der Waals surface area contributed by atoms with Crippen LogP contribution in [0.4, 0.5) is 0 Å². The summed E-state index contributed by atoms with van der Waals surface area (Å²) in [6.07, 6.45) is 0.0968. The number of aromatic nitrogens is 4. The summed E-state index contributed by atoms with van der Waals surface area (Å²) in [5.74, 6) is 1.92. The summed E-state index contributed by atoms with van der Waals surface area (Å²) in [6.45, 7) is 6.21. The average Bonchev–Trinajstić information content (AvgIpc) is 2.96. The summed E-state index contributed by atoms with van der Waals surface area (Å²) in [4.78, 5) is 7.41. The number of hydrogen-bond donors (Lipinski definition) is 1. The molecule has 0 saturated carbocycles. The van der Waals surface area contributed by atoms with Gasteiger partial charge in [0, 0.05) is 0 Å². The molecule has 0 bridgehead atoms. The Morgan fingerprint density at radius 1 is 1.43 bits per heavy atom. The van der Waals surface area contributed by atoms with Crippen LogP contribution in [0, 0.1) is 11.7 Å². The Morgan fingerprint density at radius 2 is 2.24 bits per heavy atom. The van der Waals surface area contributed by atoms with Gasteiger partial charge in [-0.3, -0.25) is 0 Å². The molecule has 0 unspecified atom stereocenters. The Hall–Kier alpha value is -2.15. The minimum absolute atomic E-state index is 0.0968. The molecule has 1 aromatic carbocycles. The number of hydrogen-bond acceptors (Lipinski definition) is 5. The predicted octanol–water partition coefficient (Wildman–Crippen LogP) is 3.23. The van der Waals surface area contributed by atoms with Gasteiger partial charge in [0.1, 0.15) is 17.8 Å². The number of benzene rings is 1. The molecule has 3 aromatic rings. The van der Waals surface area contributed by atoms with E-state index in [0.29, 0.717) is 23.0 Å². The van der Waals surface area contributed by atoms with Crippen molar-refractivity contribution in [3.05, 3.63) is 34.7 Å². The lowest BCUT2D eigenvalue weighted by Gasteiger charge is -2.10. The first-order valence-electron chi connectivity index (χ1n) is 6.72. The molecule has 110 valence electrons. The minimum Gasteiger partial charge on any atom is -0.489 e. The highest BCUT2D eigenvalue weighted by atomic mass is 32.1. The summed E-state index contributed by atoms with van der Waals surface area (Å²) in [7, 11) is 0. The molecule has 2 heterocycles. The number of imidazole rings is 1. The number of H-pyrrole nitrogens is 1. The Bertz CT molecular complexity index is 831. The van der Waals surface area contributed by atoms with Gasteiger partial charge in [-0.25, -0.2) is 0 Å². The molecule has 7 heteroatoms. The van der Waals surface area contributed by atoms with Gasteiger partial charge in [0.05, 0.1) is 11.6 Å². The number of aromatic amines is 1. The topological polar surface area (TPSA) is 68.9 Å². The van der Waals surface area contributed by atoms with Gasteiger partial charge in [-0.15, -0.1) is 0 Å². The van der Waals surface area contributed by atoms with E-state index in [1.165, 1.54) is 0 Å². The highest BCUT2D eigenvalue weighted by molar-refractivity contribution is 7.71. The molecular formula is C14H16N4O2S. The normalized spacial score (nSPS) is 11.4. The largest absolute Gasteiger partial charge is 0.489 e. The van der Waals surface area contributed by atoms with Crippen LogP contribution in [0.3, 0.4) is 0 Å². The van der Waals surface area contributed by atoms with Crippen LogP contribution in [0.1, 0.15) is 25.6 Å². The molecular weight excluding hydrogens is 288 g/mol. The van der Waals surface area contributed by atoms with Crippen molar-refractivity contribution >= 4 is 23.3 Å². The van der Waals surface area contributed by atoms with Crippen LogP contribution in [0.2, 0.25) is 0 Å². The lowest BCUT2D eigenvalue weighted by molar-refractivity contribution is 0.245. The van der Waals surface area contributed by atoms with Crippen molar-refractivity contribution < 1.29 is 9.26 Å². The average molecular weight is 304 g/mol. The zero-order chi connectivity index (χ0) is 15.0. The molecule has 2 aromatic heterocycles. The number of para-hydroxylation sites is 1. The van der Waals surface area contributed by atoms with Crippen LogP contribution in [-0.4, -0.2) is 25.8 Å². The quantitative estimate of drug-likeness (QED) is 0.749. The zero-order valence-electron chi connectivity index (χ0n) is 12.1. The monoisotopic (exact) mass is 304 g/mol. The molecule has 0 fully saturated rings. The van der Waals surface area contributed by atoms with Crippen LogP contribution in [0.5, 0.6) is 5.75 Å². The Balaban J connectivity index is 2.07. The molecule has 21 heavy (non-hydrogen) atoms. The molecule has 0 atom stereocenters. The van der Waals surface area contributed by atoms with Crippen molar-refractivity contribution in [2.75, 3.05) is 0 Å². The predicted molar refractivity (Wildman–Crippen MR) is 81.0 cm³/mol. The van der Waals surface area contributed by atoms with Gasteiger partial charge in [0.2, 0.25) is 5.89 Å². The maximum Gasteiger partial charge on any atom is 0.246 e. The van der Waals surface area contributed by atoms with E-state index in [1.54, 1.807) is 6.92 Å². The highest BCUT2D eigenvalue weighted by Gasteiger charge is 2.12. The van der Waals surface area contributed by atoms with E-state index in [0.717, 1.165) is 16.8 Å². The van der Waals surface area contributed by atoms with E-state index in [1.807, 2.05) is 36.6 Å². The summed E-state index contributed by atoms with van der Waals surface area (Å²) in [5, 5.41) is 3.80. The first-order valence-corrected chi connectivity index (χ1v) is 7.13. The van der Waals surface area contributed by atoms with E-state index in [2.05, 4.69) is 15.1 Å². The molecule has 6 nitrogen and oxygen atoms in total. The molecule has 0 amide bonds. The van der Waals surface area contributed by atoms with Crippen molar-refractivity contribution in [1.82, 2.24) is 19.7 Å². The number of aryl methyl sites for hydroxylation is 1. The molecule has 0 radical (unpaired) electrons. The van der Waals surface area contributed by atoms with E-state index in [-0.39, 0.29) is 6.10 Å². The Labute approximate surface area is 126 Å². The van der Waals surface area contributed by atoms with Crippen LogP contribution in [0.25, 0.3) is 11.0 Å². The fourth-order valence-corrected chi connectivity index (χ4v) is 2.47. The first-order chi connectivity index (χ1) is 10.0. The number of ether oxygens (including phenoxy) is 1. The molecule has 3 rings (SSSR count). The molecule has 0 aliphatic rings. The van der Waals surface area contributed by atoms with Crippen LogP contribution < -0.4 is 4.74 Å². The van der Waals surface area contributed by atoms with Crippen LogP contribution in [-0.2, 0) is 6.54 Å². The van der Waals surface area contributed by atoms with Gasteiger partial charge in [0.15, 0.2) is 10.6 Å². The molecule has 0 aliphatic heterocycles. The smallest absolute Gasteiger partial charge is 0.246 e. The van der Waals surface area contributed by atoms with Gasteiger partial charge in [-0.2, -0.15) is 4.98 Å². The maximum absolute atomic E-state index is 5.81. The Kier molecular flexibility index (Phi) is 3.50. The van der Waals surface area contributed by atoms with Gasteiger partial charge in [-0.1, -0.05) is 11.2 Å². The van der Waals surface area contributed by atoms with Gasteiger partial charge >= 0.3 is 0 Å². The third-order valence-corrected chi connectivity index (χ3v) is 3.32. The second kappa shape index (κ2) is 5.33. The third-order valence-electron chi connectivity index (χ3n) is 3.00. The number of nitrogens with zero attached hydrogens (tertiary/aromatic N) is 3. The number of nitrogens with one attached hydrogen (secondary N) is 1. The first kappa shape index (κ1) is 13.8. The Morgan fingerprint density at radius 3 is 2.90 bits per heavy atom. The lowest BCUT2D eigenvalue weighted by Crippen LogP contribution is -2.06. The maximum atomic E-state index is 5.81. The molecule has 0 spiro atoms. The highest BCUT2D eigenvalue weighted by Crippen LogP contribution is 2.26. The van der Waals surface area contributed by atoms with Gasteiger partial charge in [-0.05, 0) is 45.1 Å². The zero-order valence-corrected chi connectivity index (χ0v) is 12.9. The van der Waals surface area contributed by atoms with Crippen molar-refractivity contribution in [3.8, 4) is 5.75 Å².